The van der Waals surface area contributed by atoms with E-state index in [-0.39, 0.29) is 5.97 Å². The quantitative estimate of drug-likeness (QED) is 0.464. The number of hydrogen-bond donors (Lipinski definition) is 0. The zero-order valence-corrected chi connectivity index (χ0v) is 17.5. The van der Waals surface area contributed by atoms with E-state index in [2.05, 4.69) is 72.8 Å². The van der Waals surface area contributed by atoms with Crippen LogP contribution < -0.4 is 21.0 Å². The van der Waals surface area contributed by atoms with Crippen molar-refractivity contribution in [2.24, 2.45) is 0 Å². The predicted molar refractivity (Wildman–Crippen MR) is 117 cm³/mol. The highest BCUT2D eigenvalue weighted by Gasteiger charge is 2.45. The average Bonchev–Trinajstić information content (AvgIpc) is 2.76. The minimum absolute atomic E-state index is 0.160. The molecule has 0 saturated heterocycles. The fraction of sp³-hybridized carbons (Fsp3) is 0.167. The summed E-state index contributed by atoms with van der Waals surface area (Å²) in [6.07, 6.45) is 1.17. The molecule has 0 bridgehead atoms. The number of aliphatic carboxylic acids is 1. The summed E-state index contributed by atoms with van der Waals surface area (Å²) in [7, 11) is -0.467. The highest BCUT2D eigenvalue weighted by atomic mass is 31.2. The summed E-state index contributed by atoms with van der Waals surface area (Å²) in [6.45, 7) is 0.972. The molecule has 0 saturated carbocycles. The van der Waals surface area contributed by atoms with Crippen molar-refractivity contribution in [3.63, 3.8) is 0 Å². The summed E-state index contributed by atoms with van der Waals surface area (Å²) in [4.78, 5) is 20.8. The Balaban J connectivity index is 0.000000687. The molecule has 150 valence electrons. The second kappa shape index (κ2) is 11.1. The van der Waals surface area contributed by atoms with Crippen LogP contribution in [-0.4, -0.2) is 25.2 Å². The number of carbonyl (C=O) groups is 2. The van der Waals surface area contributed by atoms with Gasteiger partial charge in [-0.25, -0.2) is 0 Å². The lowest BCUT2D eigenvalue weighted by Gasteiger charge is -2.27. The maximum Gasteiger partial charge on any atom is 0.309 e. The molecule has 3 rings (SSSR count). The average molecular weight is 408 g/mol. The van der Waals surface area contributed by atoms with Crippen molar-refractivity contribution in [2.75, 3.05) is 13.3 Å². The van der Waals surface area contributed by atoms with Crippen molar-refractivity contribution in [3.05, 3.63) is 91.0 Å². The van der Waals surface area contributed by atoms with Crippen LogP contribution in [0.1, 0.15) is 13.3 Å². The van der Waals surface area contributed by atoms with Gasteiger partial charge in [0.2, 0.25) is 0 Å². The first-order valence-corrected chi connectivity index (χ1v) is 11.3. The summed E-state index contributed by atoms with van der Waals surface area (Å²) >= 11 is 0. The zero-order valence-electron chi connectivity index (χ0n) is 16.7. The number of carboxylic acid groups (broad SMARTS) is 1. The molecule has 0 aliphatic rings. The van der Waals surface area contributed by atoms with Gasteiger partial charge in [-0.2, -0.15) is 0 Å². The molecule has 0 spiro atoms. The molecule has 0 aromatic heterocycles. The van der Waals surface area contributed by atoms with Gasteiger partial charge in [0.15, 0.2) is 0 Å². The first kappa shape index (κ1) is 22.3. The molecule has 0 unspecified atom stereocenters. The summed E-state index contributed by atoms with van der Waals surface area (Å²) in [5.41, 5.74) is 0. The molecule has 0 N–H and O–H groups in total. The minimum Gasteiger partial charge on any atom is -0.550 e. The van der Waals surface area contributed by atoms with E-state index in [4.69, 9.17) is 14.6 Å². The van der Waals surface area contributed by atoms with Crippen LogP contribution in [0.25, 0.3) is 0 Å². The Labute approximate surface area is 172 Å². The first-order valence-electron chi connectivity index (χ1n) is 9.30. The van der Waals surface area contributed by atoms with Gasteiger partial charge >= 0.3 is 5.97 Å². The summed E-state index contributed by atoms with van der Waals surface area (Å²) < 4.78 is 4.93. The van der Waals surface area contributed by atoms with Crippen molar-refractivity contribution in [1.82, 2.24) is 0 Å². The number of esters is 1. The van der Waals surface area contributed by atoms with E-state index >= 15 is 0 Å². The van der Waals surface area contributed by atoms with Gasteiger partial charge < -0.3 is 14.6 Å². The number of carbonyl (C=O) groups excluding carboxylic acids is 2. The molecule has 5 heteroatoms. The van der Waals surface area contributed by atoms with Crippen molar-refractivity contribution in [3.8, 4) is 0 Å². The van der Waals surface area contributed by atoms with Gasteiger partial charge in [0.1, 0.15) is 23.2 Å². The second-order valence-corrected chi connectivity index (χ2v) is 9.97. The molecular formula is C24H25O4P. The van der Waals surface area contributed by atoms with E-state index in [1.807, 2.05) is 18.2 Å². The van der Waals surface area contributed by atoms with Crippen LogP contribution in [0.5, 0.6) is 0 Å². The first-order chi connectivity index (χ1) is 14.0. The third-order valence-corrected chi connectivity index (χ3v) is 8.90. The van der Waals surface area contributed by atoms with Crippen LogP contribution in [0, 0.1) is 0 Å². The van der Waals surface area contributed by atoms with Gasteiger partial charge in [-0.1, -0.05) is 54.6 Å². The largest absolute Gasteiger partial charge is 0.550 e. The Morgan fingerprint density at radius 3 is 1.34 bits per heavy atom. The van der Waals surface area contributed by atoms with Gasteiger partial charge in [-0.15, -0.1) is 0 Å². The van der Waals surface area contributed by atoms with E-state index in [0.717, 1.165) is 13.1 Å². The van der Waals surface area contributed by atoms with Crippen LogP contribution in [0.2, 0.25) is 0 Å². The van der Waals surface area contributed by atoms with Crippen LogP contribution in [0.15, 0.2) is 91.0 Å². The van der Waals surface area contributed by atoms with Crippen molar-refractivity contribution < 1.29 is 19.4 Å². The van der Waals surface area contributed by atoms with Gasteiger partial charge in [-0.3, -0.25) is 4.79 Å². The Morgan fingerprint density at radius 2 is 1.07 bits per heavy atom. The number of methoxy groups -OCH3 is 1. The lowest BCUT2D eigenvalue weighted by Crippen LogP contribution is -2.34. The van der Waals surface area contributed by atoms with Gasteiger partial charge in [0.05, 0.1) is 19.7 Å². The Morgan fingerprint density at radius 1 is 0.759 bits per heavy atom. The molecule has 0 atom stereocenters. The monoisotopic (exact) mass is 408 g/mol. The molecule has 0 aliphatic carbocycles. The van der Waals surface area contributed by atoms with E-state index in [1.165, 1.54) is 23.0 Å². The molecule has 0 heterocycles. The topological polar surface area (TPSA) is 66.4 Å². The Hall–Kier alpha value is -2.97. The standard InChI is InChI=1S/C22H22O2P.C2H4O2/c1-24-22(23)17-18-25(19-11-5-2-6-12-19,20-13-7-3-8-14-20)21-15-9-4-10-16-21;1-2(3)4/h2-16H,17-18H2,1H3;1H3,(H,3,4)/q+1;/p-1. The number of hydrogen-bond acceptors (Lipinski definition) is 4. The maximum absolute atomic E-state index is 11.9. The lowest BCUT2D eigenvalue weighted by atomic mass is 10.3. The van der Waals surface area contributed by atoms with Crippen molar-refractivity contribution in [2.45, 2.75) is 13.3 Å². The SMILES string of the molecule is CC(=O)[O-].COC(=O)CC[P+](c1ccccc1)(c1ccccc1)c1ccccc1. The third kappa shape index (κ3) is 6.00. The molecule has 0 radical (unpaired) electrons. The van der Waals surface area contributed by atoms with Crippen LogP contribution in [0.4, 0.5) is 0 Å². The predicted octanol–water partition coefficient (Wildman–Crippen LogP) is 2.30. The second-order valence-electron chi connectivity index (χ2n) is 6.36. The van der Waals surface area contributed by atoms with E-state index in [1.54, 1.807) is 0 Å². The van der Waals surface area contributed by atoms with Gasteiger partial charge in [-0.05, 0) is 43.3 Å². The highest BCUT2D eigenvalue weighted by molar-refractivity contribution is 7.95. The van der Waals surface area contributed by atoms with Crippen molar-refractivity contribution >= 4 is 35.1 Å². The molecule has 3 aromatic carbocycles. The summed E-state index contributed by atoms with van der Waals surface area (Å²) in [5.74, 6) is -1.24. The zero-order chi connectivity index (χ0) is 21.1. The molecular weight excluding hydrogens is 383 g/mol. The molecule has 4 nitrogen and oxygen atoms in total. The molecule has 0 aliphatic heterocycles. The van der Waals surface area contributed by atoms with Crippen molar-refractivity contribution in [1.29, 1.82) is 0 Å². The fourth-order valence-corrected chi connectivity index (χ4v) is 7.47. The van der Waals surface area contributed by atoms with E-state index in [9.17, 15) is 4.79 Å². The van der Waals surface area contributed by atoms with E-state index in [0.29, 0.717) is 6.42 Å². The summed E-state index contributed by atoms with van der Waals surface area (Å²) in [6, 6.07) is 31.7. The molecule has 29 heavy (non-hydrogen) atoms. The number of carboxylic acids is 1. The maximum atomic E-state index is 11.9. The Kier molecular flexibility index (Phi) is 8.57. The lowest BCUT2D eigenvalue weighted by molar-refractivity contribution is -0.302. The van der Waals surface area contributed by atoms with Crippen LogP contribution in [0.3, 0.4) is 0 Å². The molecule has 3 aromatic rings. The van der Waals surface area contributed by atoms with Gasteiger partial charge in [0, 0.05) is 5.97 Å². The number of rotatable bonds is 6. The number of benzene rings is 3. The smallest absolute Gasteiger partial charge is 0.309 e. The highest BCUT2D eigenvalue weighted by Crippen LogP contribution is 2.55. The van der Waals surface area contributed by atoms with Crippen LogP contribution >= 0.6 is 7.26 Å². The number of ether oxygens (including phenoxy) is 1. The van der Waals surface area contributed by atoms with Crippen LogP contribution in [-0.2, 0) is 14.3 Å². The Bertz CT molecular complexity index is 795. The molecule has 0 fully saturated rings. The third-order valence-electron chi connectivity index (χ3n) is 4.47. The normalized spacial score (nSPS) is 10.4. The van der Waals surface area contributed by atoms with Gasteiger partial charge in [0.25, 0.3) is 0 Å². The summed E-state index contributed by atoms with van der Waals surface area (Å²) in [5, 5.41) is 12.8. The fourth-order valence-electron chi connectivity index (χ4n) is 3.24. The minimum atomic E-state index is -1.92. The molecule has 0 amide bonds. The van der Waals surface area contributed by atoms with E-state index < -0.39 is 13.2 Å².